The number of hydrogen-bond acceptors (Lipinski definition) is 4. The Kier molecular flexibility index (Phi) is 6.67. The molecule has 0 bridgehead atoms. The molecule has 0 aromatic heterocycles. The SMILES string of the molecule is COc1ccc(COCc2cc(C)cc(COc3ccc(C#N)cc3)c2)cc1. The maximum atomic E-state index is 8.86. The summed E-state index contributed by atoms with van der Waals surface area (Å²) in [5.74, 6) is 1.59. The van der Waals surface area contributed by atoms with Gasteiger partial charge in [0.1, 0.15) is 18.1 Å². The van der Waals surface area contributed by atoms with Crippen LogP contribution in [0, 0.1) is 18.3 Å². The van der Waals surface area contributed by atoms with E-state index in [1.807, 2.05) is 36.4 Å². The van der Waals surface area contributed by atoms with Gasteiger partial charge in [-0.25, -0.2) is 0 Å². The Morgan fingerprint density at radius 3 is 2.00 bits per heavy atom. The Morgan fingerprint density at radius 1 is 0.750 bits per heavy atom. The Balaban J connectivity index is 1.55. The lowest BCUT2D eigenvalue weighted by atomic mass is 10.1. The molecule has 0 aliphatic carbocycles. The van der Waals surface area contributed by atoms with Gasteiger partial charge in [-0.1, -0.05) is 35.9 Å². The summed E-state index contributed by atoms with van der Waals surface area (Å²) < 4.78 is 16.9. The zero-order chi connectivity index (χ0) is 19.8. The molecule has 3 aromatic rings. The second-order valence-corrected chi connectivity index (χ2v) is 6.59. The van der Waals surface area contributed by atoms with E-state index in [9.17, 15) is 0 Å². The minimum absolute atomic E-state index is 0.471. The molecule has 28 heavy (non-hydrogen) atoms. The van der Waals surface area contributed by atoms with Gasteiger partial charge in [-0.3, -0.25) is 0 Å². The number of hydrogen-bond donors (Lipinski definition) is 0. The summed E-state index contributed by atoms with van der Waals surface area (Å²) in [7, 11) is 1.66. The molecule has 3 rings (SSSR count). The van der Waals surface area contributed by atoms with E-state index in [2.05, 4.69) is 31.2 Å². The van der Waals surface area contributed by atoms with Gasteiger partial charge in [-0.2, -0.15) is 5.26 Å². The van der Waals surface area contributed by atoms with Crippen molar-refractivity contribution in [1.29, 1.82) is 5.26 Å². The Morgan fingerprint density at radius 2 is 1.36 bits per heavy atom. The van der Waals surface area contributed by atoms with Crippen LogP contribution in [0.2, 0.25) is 0 Å². The number of nitrogens with zero attached hydrogens (tertiary/aromatic N) is 1. The molecular formula is C24H23NO3. The van der Waals surface area contributed by atoms with E-state index >= 15 is 0 Å². The molecule has 142 valence electrons. The molecule has 0 fully saturated rings. The van der Waals surface area contributed by atoms with Gasteiger partial charge in [0.2, 0.25) is 0 Å². The third-order valence-electron chi connectivity index (χ3n) is 4.28. The van der Waals surface area contributed by atoms with Crippen LogP contribution in [0.25, 0.3) is 0 Å². The number of methoxy groups -OCH3 is 1. The van der Waals surface area contributed by atoms with Crippen LogP contribution in [0.5, 0.6) is 11.5 Å². The van der Waals surface area contributed by atoms with E-state index in [-0.39, 0.29) is 0 Å². The van der Waals surface area contributed by atoms with Crippen LogP contribution in [0.15, 0.2) is 66.7 Å². The third-order valence-corrected chi connectivity index (χ3v) is 4.28. The summed E-state index contributed by atoms with van der Waals surface area (Å²) in [4.78, 5) is 0. The number of nitriles is 1. The van der Waals surface area contributed by atoms with E-state index in [0.717, 1.165) is 28.2 Å². The monoisotopic (exact) mass is 373 g/mol. The average Bonchev–Trinajstić information content (AvgIpc) is 2.73. The molecule has 0 atom stereocenters. The summed E-state index contributed by atoms with van der Waals surface area (Å²) in [6.07, 6.45) is 0. The van der Waals surface area contributed by atoms with Gasteiger partial charge in [0.05, 0.1) is 32.0 Å². The van der Waals surface area contributed by atoms with Crippen LogP contribution >= 0.6 is 0 Å². The molecule has 3 aromatic carbocycles. The van der Waals surface area contributed by atoms with Gasteiger partial charge in [-0.15, -0.1) is 0 Å². The lowest BCUT2D eigenvalue weighted by Crippen LogP contribution is -2.00. The summed E-state index contributed by atoms with van der Waals surface area (Å²) in [6, 6.07) is 23.5. The average molecular weight is 373 g/mol. The van der Waals surface area contributed by atoms with Crippen molar-refractivity contribution >= 4 is 0 Å². The van der Waals surface area contributed by atoms with E-state index in [4.69, 9.17) is 19.5 Å². The number of aryl methyl sites for hydroxylation is 1. The summed E-state index contributed by atoms with van der Waals surface area (Å²) in [6.45, 7) is 3.63. The smallest absolute Gasteiger partial charge is 0.119 e. The zero-order valence-corrected chi connectivity index (χ0v) is 16.1. The first-order valence-corrected chi connectivity index (χ1v) is 9.09. The largest absolute Gasteiger partial charge is 0.497 e. The van der Waals surface area contributed by atoms with Crippen LogP contribution in [0.3, 0.4) is 0 Å². The highest BCUT2D eigenvalue weighted by Crippen LogP contribution is 2.17. The first kappa shape index (κ1) is 19.5. The van der Waals surface area contributed by atoms with Gasteiger partial charge in [-0.05, 0) is 60.0 Å². The highest BCUT2D eigenvalue weighted by molar-refractivity contribution is 5.35. The maximum absolute atomic E-state index is 8.86. The fourth-order valence-electron chi connectivity index (χ4n) is 2.92. The molecular weight excluding hydrogens is 350 g/mol. The first-order valence-electron chi connectivity index (χ1n) is 9.09. The molecule has 0 unspecified atom stereocenters. The lowest BCUT2D eigenvalue weighted by molar-refractivity contribution is 0.107. The maximum Gasteiger partial charge on any atom is 0.119 e. The standard InChI is InChI=1S/C24H23NO3/c1-18-11-21(16-27-15-20-5-7-23(26-2)8-6-20)13-22(12-18)17-28-24-9-3-19(14-25)4-10-24/h3-13H,15-17H2,1-2H3. The second-order valence-electron chi connectivity index (χ2n) is 6.59. The van der Waals surface area contributed by atoms with Crippen LogP contribution in [0.1, 0.15) is 27.8 Å². The van der Waals surface area contributed by atoms with Crippen molar-refractivity contribution in [2.75, 3.05) is 7.11 Å². The summed E-state index contributed by atoms with van der Waals surface area (Å²) in [5.41, 5.74) is 5.11. The van der Waals surface area contributed by atoms with Crippen LogP contribution in [0.4, 0.5) is 0 Å². The van der Waals surface area contributed by atoms with Gasteiger partial charge in [0.25, 0.3) is 0 Å². The zero-order valence-electron chi connectivity index (χ0n) is 16.1. The molecule has 0 amide bonds. The molecule has 0 spiro atoms. The van der Waals surface area contributed by atoms with Crippen molar-refractivity contribution in [2.24, 2.45) is 0 Å². The van der Waals surface area contributed by atoms with Crippen molar-refractivity contribution < 1.29 is 14.2 Å². The van der Waals surface area contributed by atoms with Gasteiger partial charge in [0, 0.05) is 0 Å². The highest BCUT2D eigenvalue weighted by atomic mass is 16.5. The van der Waals surface area contributed by atoms with Gasteiger partial charge < -0.3 is 14.2 Å². The van der Waals surface area contributed by atoms with Crippen LogP contribution in [-0.4, -0.2) is 7.11 Å². The van der Waals surface area contributed by atoms with Crippen LogP contribution < -0.4 is 9.47 Å². The minimum Gasteiger partial charge on any atom is -0.497 e. The fraction of sp³-hybridized carbons (Fsp3) is 0.208. The first-order chi connectivity index (χ1) is 13.7. The highest BCUT2D eigenvalue weighted by Gasteiger charge is 2.03. The molecule has 4 heteroatoms. The molecule has 0 aliphatic heterocycles. The van der Waals surface area contributed by atoms with Gasteiger partial charge in [0.15, 0.2) is 0 Å². The molecule has 4 nitrogen and oxygen atoms in total. The second kappa shape index (κ2) is 9.59. The number of rotatable bonds is 8. The quantitative estimate of drug-likeness (QED) is 0.546. The lowest BCUT2D eigenvalue weighted by Gasteiger charge is -2.11. The summed E-state index contributed by atoms with van der Waals surface area (Å²) >= 11 is 0. The van der Waals surface area contributed by atoms with Crippen molar-refractivity contribution in [3.05, 3.63) is 94.5 Å². The van der Waals surface area contributed by atoms with Crippen molar-refractivity contribution in [1.82, 2.24) is 0 Å². The molecule has 0 aliphatic rings. The van der Waals surface area contributed by atoms with Crippen molar-refractivity contribution in [3.63, 3.8) is 0 Å². The number of benzene rings is 3. The molecule has 0 heterocycles. The predicted octanol–water partition coefficient (Wildman–Crippen LogP) is 5.17. The minimum atomic E-state index is 0.471. The molecule has 0 N–H and O–H groups in total. The summed E-state index contributed by atoms with van der Waals surface area (Å²) in [5, 5.41) is 8.86. The van der Waals surface area contributed by atoms with E-state index in [1.165, 1.54) is 5.56 Å². The van der Waals surface area contributed by atoms with Gasteiger partial charge >= 0.3 is 0 Å². The van der Waals surface area contributed by atoms with Crippen molar-refractivity contribution in [3.8, 4) is 17.6 Å². The predicted molar refractivity (Wildman–Crippen MR) is 108 cm³/mol. The molecule has 0 saturated heterocycles. The fourth-order valence-corrected chi connectivity index (χ4v) is 2.92. The van der Waals surface area contributed by atoms with Crippen LogP contribution in [-0.2, 0) is 24.6 Å². The van der Waals surface area contributed by atoms with E-state index in [0.29, 0.717) is 25.4 Å². The number of ether oxygens (including phenoxy) is 3. The Labute approximate surface area is 165 Å². The third kappa shape index (κ3) is 5.60. The molecule has 0 saturated carbocycles. The topological polar surface area (TPSA) is 51.5 Å². The van der Waals surface area contributed by atoms with E-state index < -0.39 is 0 Å². The molecule has 0 radical (unpaired) electrons. The van der Waals surface area contributed by atoms with Crippen molar-refractivity contribution in [2.45, 2.75) is 26.7 Å². The Bertz CT molecular complexity index is 941. The van der Waals surface area contributed by atoms with E-state index in [1.54, 1.807) is 19.2 Å². The Hall–Kier alpha value is -3.29. The normalized spacial score (nSPS) is 10.3.